The topological polar surface area (TPSA) is 159 Å². The van der Waals surface area contributed by atoms with Crippen LogP contribution in [-0.4, -0.2) is 44.0 Å². The molecule has 11 heteroatoms. The van der Waals surface area contributed by atoms with E-state index < -0.39 is 6.16 Å². The summed E-state index contributed by atoms with van der Waals surface area (Å²) in [5.74, 6) is 1.32. The van der Waals surface area contributed by atoms with Gasteiger partial charge in [0, 0.05) is 28.3 Å². The summed E-state index contributed by atoms with van der Waals surface area (Å²) in [6.45, 7) is 8.87. The van der Waals surface area contributed by atoms with E-state index in [2.05, 4.69) is 40.8 Å². The van der Waals surface area contributed by atoms with Crippen molar-refractivity contribution in [2.45, 2.75) is 104 Å². The number of ether oxygens (including phenoxy) is 3. The van der Waals surface area contributed by atoms with E-state index in [4.69, 9.17) is 14.2 Å². The lowest BCUT2D eigenvalue weighted by Gasteiger charge is -2.64. The maximum absolute atomic E-state index is 12.0. The van der Waals surface area contributed by atoms with E-state index in [1.165, 1.54) is 7.11 Å². The predicted molar refractivity (Wildman–Crippen MR) is 144 cm³/mol. The van der Waals surface area contributed by atoms with Gasteiger partial charge in [0.05, 0.1) is 13.7 Å². The predicted octanol–water partition coefficient (Wildman–Crippen LogP) is 7.35. The zero-order valence-corrected chi connectivity index (χ0v) is 24.0. The van der Waals surface area contributed by atoms with Gasteiger partial charge in [-0.3, -0.25) is 4.79 Å². The average molecular weight is 545 g/mol. The maximum atomic E-state index is 12.0. The Bertz CT molecular complexity index is 1030. The van der Waals surface area contributed by atoms with Crippen molar-refractivity contribution in [3.05, 3.63) is 20.9 Å². The highest BCUT2D eigenvalue weighted by molar-refractivity contribution is 5.69. The fraction of sp³-hybridized carbons (Fsp3) is 0.929. The number of nitrogens with zero attached hydrogens (tertiary/aromatic N) is 6. The van der Waals surface area contributed by atoms with Crippen molar-refractivity contribution in [2.24, 2.45) is 56.6 Å². The molecule has 0 aromatic heterocycles. The standard InChI is InChI=1S/C28H44N6O5/c1-6-38-26(36)39-18-11-12-27(3)17(13-18)14-22(31-33-29)25-20-9-8-19(16(2)7-10-24(35)37-5)28(20,4)23(32-34-30)15-21(25)27/h16-23,25H,6-15H2,1-5H3/t16-,17+,18-,19-,20+,21+,22+,23-,25+,27+,28-/m1/s1. The molecule has 0 saturated heterocycles. The Labute approximate surface area is 231 Å². The second kappa shape index (κ2) is 11.8. The van der Waals surface area contributed by atoms with E-state index in [0.29, 0.717) is 12.3 Å². The number of rotatable bonds is 8. The van der Waals surface area contributed by atoms with Gasteiger partial charge in [0.15, 0.2) is 0 Å². The molecule has 0 N–H and O–H groups in total. The van der Waals surface area contributed by atoms with Gasteiger partial charge in [0.1, 0.15) is 6.10 Å². The lowest BCUT2D eigenvalue weighted by molar-refractivity contribution is -0.146. The molecule has 0 aromatic carbocycles. The number of azide groups is 2. The van der Waals surface area contributed by atoms with Crippen LogP contribution in [0.2, 0.25) is 0 Å². The van der Waals surface area contributed by atoms with Crippen LogP contribution in [0.15, 0.2) is 10.2 Å². The first-order valence-electron chi connectivity index (χ1n) is 14.6. The lowest BCUT2D eigenvalue weighted by Crippen LogP contribution is -2.61. The first-order valence-corrected chi connectivity index (χ1v) is 14.6. The van der Waals surface area contributed by atoms with Crippen LogP contribution < -0.4 is 0 Å². The van der Waals surface area contributed by atoms with Gasteiger partial charge >= 0.3 is 12.1 Å². The molecule has 0 aliphatic heterocycles. The molecule has 0 spiro atoms. The van der Waals surface area contributed by atoms with Gasteiger partial charge in [-0.15, -0.1) is 0 Å². The molecule has 0 aromatic rings. The Hall–Kier alpha value is -2.64. The van der Waals surface area contributed by atoms with Gasteiger partial charge in [-0.05, 0) is 116 Å². The highest BCUT2D eigenvalue weighted by Gasteiger charge is 2.65. The summed E-state index contributed by atoms with van der Waals surface area (Å²) < 4.78 is 15.5. The number of hydrogen-bond acceptors (Lipinski definition) is 7. The number of hydrogen-bond donors (Lipinski definition) is 0. The molecule has 4 saturated carbocycles. The van der Waals surface area contributed by atoms with E-state index in [1.807, 2.05) is 0 Å². The number of fused-ring (bicyclic) bond motifs is 5. The molecule has 11 nitrogen and oxygen atoms in total. The van der Waals surface area contributed by atoms with Crippen LogP contribution >= 0.6 is 0 Å². The summed E-state index contributed by atoms with van der Waals surface area (Å²) in [6, 6.07) is -0.322. The molecule has 4 fully saturated rings. The van der Waals surface area contributed by atoms with Crippen LogP contribution in [0.25, 0.3) is 20.9 Å². The fourth-order valence-electron chi connectivity index (χ4n) is 9.58. The molecule has 11 atom stereocenters. The highest BCUT2D eigenvalue weighted by atomic mass is 16.7. The number of carbonyl (C=O) groups excluding carboxylic acids is 2. The van der Waals surface area contributed by atoms with Crippen molar-refractivity contribution in [3.63, 3.8) is 0 Å². The largest absolute Gasteiger partial charge is 0.508 e. The second-order valence-corrected chi connectivity index (χ2v) is 12.8. The van der Waals surface area contributed by atoms with E-state index in [-0.39, 0.29) is 71.2 Å². The molecule has 216 valence electrons. The molecule has 0 unspecified atom stereocenters. The molecular formula is C28H44N6O5. The maximum Gasteiger partial charge on any atom is 0.508 e. The first kappa shape index (κ1) is 29.3. The molecule has 0 heterocycles. The van der Waals surface area contributed by atoms with Gasteiger partial charge in [-0.2, -0.15) is 0 Å². The minimum Gasteiger partial charge on any atom is -0.469 e. The summed E-state index contributed by atoms with van der Waals surface area (Å²) in [4.78, 5) is 30.5. The van der Waals surface area contributed by atoms with Gasteiger partial charge in [-0.1, -0.05) is 31.0 Å². The van der Waals surface area contributed by atoms with E-state index in [9.17, 15) is 20.7 Å². The summed E-state index contributed by atoms with van der Waals surface area (Å²) in [6.07, 6.45) is 6.19. The zero-order valence-electron chi connectivity index (χ0n) is 24.0. The SMILES string of the molecule is CCOC(=O)O[C@@H]1CC[C@@]2(C)[C@@H](C1)C[C@H](N=[N+]=[N-])[C@@H]1[C@@H]2C[C@@H](N=[N+]=[N-])[C@]2(C)[C@@H]([C@H](C)CCC(=O)OC)CC[C@@H]12. The molecule has 4 rings (SSSR count). The average Bonchev–Trinajstić information content (AvgIpc) is 3.26. The molecule has 0 bridgehead atoms. The van der Waals surface area contributed by atoms with Crippen LogP contribution in [0.4, 0.5) is 4.79 Å². The molecule has 4 aliphatic rings. The monoisotopic (exact) mass is 544 g/mol. The molecule has 4 aliphatic carbocycles. The van der Waals surface area contributed by atoms with Crippen LogP contribution in [0, 0.1) is 46.3 Å². The lowest BCUT2D eigenvalue weighted by atomic mass is 9.42. The van der Waals surface area contributed by atoms with E-state index >= 15 is 0 Å². The quantitative estimate of drug-likeness (QED) is 0.135. The molecule has 0 amide bonds. The normalized spacial score (nSPS) is 41.4. The minimum atomic E-state index is -0.624. The zero-order chi connectivity index (χ0) is 28.4. The summed E-state index contributed by atoms with van der Waals surface area (Å²) in [7, 11) is 1.42. The van der Waals surface area contributed by atoms with Crippen molar-refractivity contribution < 1.29 is 23.8 Å². The summed E-state index contributed by atoms with van der Waals surface area (Å²) in [5.41, 5.74) is 19.0. The smallest absolute Gasteiger partial charge is 0.469 e. The van der Waals surface area contributed by atoms with Crippen LogP contribution in [0.1, 0.15) is 85.5 Å². The second-order valence-electron chi connectivity index (χ2n) is 12.8. The Kier molecular flexibility index (Phi) is 8.91. The summed E-state index contributed by atoms with van der Waals surface area (Å²) in [5, 5.41) is 8.84. The van der Waals surface area contributed by atoms with Crippen molar-refractivity contribution in [2.75, 3.05) is 13.7 Å². The van der Waals surface area contributed by atoms with Crippen LogP contribution in [0.5, 0.6) is 0 Å². The van der Waals surface area contributed by atoms with Gasteiger partial charge in [-0.25, -0.2) is 4.79 Å². The van der Waals surface area contributed by atoms with Gasteiger partial charge in [0.2, 0.25) is 0 Å². The number of esters is 1. The van der Waals surface area contributed by atoms with E-state index in [1.54, 1.807) is 6.92 Å². The third-order valence-corrected chi connectivity index (χ3v) is 11.4. The van der Waals surface area contributed by atoms with E-state index in [0.717, 1.165) is 51.4 Å². The Morgan fingerprint density at radius 3 is 2.46 bits per heavy atom. The van der Waals surface area contributed by atoms with Gasteiger partial charge < -0.3 is 14.2 Å². The van der Waals surface area contributed by atoms with Crippen molar-refractivity contribution in [1.82, 2.24) is 0 Å². The number of methoxy groups -OCH3 is 1. The van der Waals surface area contributed by atoms with Crippen molar-refractivity contribution in [1.29, 1.82) is 0 Å². The van der Waals surface area contributed by atoms with Gasteiger partial charge in [0.25, 0.3) is 0 Å². The third kappa shape index (κ3) is 5.28. The fourth-order valence-corrected chi connectivity index (χ4v) is 9.58. The first-order chi connectivity index (χ1) is 18.6. The highest BCUT2D eigenvalue weighted by Crippen LogP contribution is 2.69. The van der Waals surface area contributed by atoms with Crippen LogP contribution in [0.3, 0.4) is 0 Å². The Morgan fingerprint density at radius 1 is 1.05 bits per heavy atom. The van der Waals surface area contributed by atoms with Crippen molar-refractivity contribution >= 4 is 12.1 Å². The Morgan fingerprint density at radius 2 is 1.79 bits per heavy atom. The van der Waals surface area contributed by atoms with Crippen molar-refractivity contribution in [3.8, 4) is 0 Å². The number of carbonyl (C=O) groups is 2. The minimum absolute atomic E-state index is 0.0280. The Balaban J connectivity index is 1.64. The molecule has 0 radical (unpaired) electrons. The molecular weight excluding hydrogens is 500 g/mol. The van der Waals surface area contributed by atoms with Crippen LogP contribution in [-0.2, 0) is 19.0 Å². The summed E-state index contributed by atoms with van der Waals surface area (Å²) >= 11 is 0. The third-order valence-electron chi connectivity index (χ3n) is 11.4. The molecule has 39 heavy (non-hydrogen) atoms.